The number of rotatable bonds is 2. The molecule has 4 nitrogen and oxygen atoms in total. The Bertz CT molecular complexity index is 491. The molecule has 5 heteroatoms. The van der Waals surface area contributed by atoms with Gasteiger partial charge < -0.3 is 4.52 Å². The lowest BCUT2D eigenvalue weighted by Crippen LogP contribution is -1.74. The molecular formula is C10H7BrN2O2. The number of hydrogen-bond acceptors (Lipinski definition) is 4. The van der Waals surface area contributed by atoms with E-state index in [1.165, 1.54) is 0 Å². The number of benzene rings is 1. The van der Waals surface area contributed by atoms with Crippen LogP contribution in [0.3, 0.4) is 0 Å². The fraction of sp³-hybridized carbons (Fsp3) is 0.100. The number of halogens is 1. The second-order valence-corrected chi connectivity index (χ2v) is 3.96. The van der Waals surface area contributed by atoms with Gasteiger partial charge in [-0.15, -0.1) is 4.91 Å². The van der Waals surface area contributed by atoms with Gasteiger partial charge in [-0.3, -0.25) is 0 Å². The molecule has 0 saturated carbocycles. The van der Waals surface area contributed by atoms with E-state index < -0.39 is 0 Å². The number of aromatic nitrogens is 1. The van der Waals surface area contributed by atoms with Crippen molar-refractivity contribution >= 4 is 21.6 Å². The normalized spacial score (nSPS) is 10.3. The first-order valence-corrected chi connectivity index (χ1v) is 5.07. The quantitative estimate of drug-likeness (QED) is 0.777. The average molecular weight is 267 g/mol. The second-order valence-electron chi connectivity index (χ2n) is 3.04. The van der Waals surface area contributed by atoms with Crippen LogP contribution in [-0.4, -0.2) is 5.16 Å². The maximum atomic E-state index is 10.6. The summed E-state index contributed by atoms with van der Waals surface area (Å²) in [4.78, 5) is 10.6. The van der Waals surface area contributed by atoms with Crippen LogP contribution in [-0.2, 0) is 0 Å². The molecular weight excluding hydrogens is 260 g/mol. The van der Waals surface area contributed by atoms with Gasteiger partial charge >= 0.3 is 0 Å². The molecule has 76 valence electrons. The molecule has 0 bridgehead atoms. The zero-order valence-corrected chi connectivity index (χ0v) is 9.48. The molecule has 1 aromatic carbocycles. The first-order valence-electron chi connectivity index (χ1n) is 4.28. The zero-order chi connectivity index (χ0) is 10.8. The van der Waals surface area contributed by atoms with Crippen molar-refractivity contribution < 1.29 is 4.52 Å². The Hall–Kier alpha value is -1.49. The summed E-state index contributed by atoms with van der Waals surface area (Å²) in [5.41, 5.74) is 1.55. The van der Waals surface area contributed by atoms with Crippen LogP contribution in [0, 0.1) is 11.8 Å². The van der Waals surface area contributed by atoms with Crippen molar-refractivity contribution in [2.45, 2.75) is 6.92 Å². The Morgan fingerprint density at radius 1 is 1.33 bits per heavy atom. The van der Waals surface area contributed by atoms with Crippen molar-refractivity contribution in [3.05, 3.63) is 39.3 Å². The van der Waals surface area contributed by atoms with E-state index in [9.17, 15) is 4.91 Å². The monoisotopic (exact) mass is 266 g/mol. The predicted octanol–water partition coefficient (Wildman–Crippen LogP) is 3.81. The highest BCUT2D eigenvalue weighted by atomic mass is 79.9. The minimum atomic E-state index is 0.261. The summed E-state index contributed by atoms with van der Waals surface area (Å²) in [6.45, 7) is 1.68. The maximum Gasteiger partial charge on any atom is 0.196 e. The minimum absolute atomic E-state index is 0.261. The second kappa shape index (κ2) is 3.94. The minimum Gasteiger partial charge on any atom is -0.354 e. The molecule has 0 N–H and O–H groups in total. The van der Waals surface area contributed by atoms with Gasteiger partial charge in [-0.25, -0.2) is 0 Å². The van der Waals surface area contributed by atoms with Crippen LogP contribution < -0.4 is 0 Å². The van der Waals surface area contributed by atoms with Gasteiger partial charge in [0.15, 0.2) is 11.4 Å². The lowest BCUT2D eigenvalue weighted by atomic mass is 10.1. The van der Waals surface area contributed by atoms with E-state index in [0.29, 0.717) is 11.5 Å². The largest absolute Gasteiger partial charge is 0.354 e. The summed E-state index contributed by atoms with van der Waals surface area (Å²) in [6, 6.07) is 7.39. The van der Waals surface area contributed by atoms with Crippen LogP contribution in [0.15, 0.2) is 38.4 Å². The van der Waals surface area contributed by atoms with E-state index in [4.69, 9.17) is 4.52 Å². The van der Waals surface area contributed by atoms with Crippen LogP contribution in [0.2, 0.25) is 0 Å². The molecule has 0 atom stereocenters. The van der Waals surface area contributed by atoms with Crippen molar-refractivity contribution in [3.8, 4) is 11.3 Å². The summed E-state index contributed by atoms with van der Waals surface area (Å²) in [7, 11) is 0. The van der Waals surface area contributed by atoms with E-state index in [1.54, 1.807) is 6.92 Å². The third-order valence-electron chi connectivity index (χ3n) is 2.03. The average Bonchev–Trinajstić information content (AvgIpc) is 2.61. The Kier molecular flexibility index (Phi) is 2.64. The lowest BCUT2D eigenvalue weighted by molar-refractivity contribution is 0.427. The summed E-state index contributed by atoms with van der Waals surface area (Å²) < 4.78 is 6.01. The van der Waals surface area contributed by atoms with Gasteiger partial charge in [0.25, 0.3) is 0 Å². The van der Waals surface area contributed by atoms with E-state index >= 15 is 0 Å². The maximum absolute atomic E-state index is 10.6. The summed E-state index contributed by atoms with van der Waals surface area (Å²) >= 11 is 3.33. The standard InChI is InChI=1S/C10H7BrN2O2/c1-6-9(12-14)10(15-13-6)7-2-4-8(11)5-3-7/h2-5H,1H3. The fourth-order valence-corrected chi connectivity index (χ4v) is 1.53. The summed E-state index contributed by atoms with van der Waals surface area (Å²) in [5, 5.41) is 6.62. The highest BCUT2D eigenvalue weighted by Crippen LogP contribution is 2.33. The number of nitroso groups, excluding NO2 is 1. The van der Waals surface area contributed by atoms with E-state index in [2.05, 4.69) is 26.3 Å². The zero-order valence-electron chi connectivity index (χ0n) is 7.90. The molecule has 0 fully saturated rings. The lowest BCUT2D eigenvalue weighted by Gasteiger charge is -1.95. The Morgan fingerprint density at radius 2 is 2.00 bits per heavy atom. The van der Waals surface area contributed by atoms with Gasteiger partial charge in [0.1, 0.15) is 5.69 Å². The van der Waals surface area contributed by atoms with Gasteiger partial charge in [-0.05, 0) is 36.4 Å². The Morgan fingerprint density at radius 3 is 2.60 bits per heavy atom. The molecule has 15 heavy (non-hydrogen) atoms. The predicted molar refractivity (Wildman–Crippen MR) is 59.8 cm³/mol. The topological polar surface area (TPSA) is 55.5 Å². The molecule has 0 amide bonds. The Balaban J connectivity index is 2.53. The van der Waals surface area contributed by atoms with Crippen molar-refractivity contribution in [1.29, 1.82) is 0 Å². The van der Waals surface area contributed by atoms with Crippen molar-refractivity contribution in [2.75, 3.05) is 0 Å². The van der Waals surface area contributed by atoms with Gasteiger partial charge in [0, 0.05) is 10.0 Å². The molecule has 1 heterocycles. The summed E-state index contributed by atoms with van der Waals surface area (Å²) in [5.74, 6) is 0.412. The van der Waals surface area contributed by atoms with Crippen molar-refractivity contribution in [2.24, 2.45) is 5.18 Å². The molecule has 0 saturated heterocycles. The number of nitrogens with zero attached hydrogens (tertiary/aromatic N) is 2. The van der Waals surface area contributed by atoms with Crippen LogP contribution in [0.25, 0.3) is 11.3 Å². The van der Waals surface area contributed by atoms with Gasteiger partial charge in [-0.2, -0.15) is 0 Å². The molecule has 2 rings (SSSR count). The van der Waals surface area contributed by atoms with Crippen molar-refractivity contribution in [3.63, 3.8) is 0 Å². The first-order chi connectivity index (χ1) is 7.22. The molecule has 0 aliphatic heterocycles. The number of hydrogen-bond donors (Lipinski definition) is 0. The van der Waals surface area contributed by atoms with Crippen LogP contribution >= 0.6 is 15.9 Å². The molecule has 2 aromatic rings. The fourth-order valence-electron chi connectivity index (χ4n) is 1.26. The smallest absolute Gasteiger partial charge is 0.196 e. The molecule has 0 spiro atoms. The molecule has 1 aromatic heterocycles. The highest BCUT2D eigenvalue weighted by Gasteiger charge is 2.15. The van der Waals surface area contributed by atoms with Gasteiger partial charge in [-0.1, -0.05) is 21.1 Å². The number of aryl methyl sites for hydroxylation is 1. The highest BCUT2D eigenvalue weighted by molar-refractivity contribution is 9.10. The van der Waals surface area contributed by atoms with Crippen molar-refractivity contribution in [1.82, 2.24) is 5.16 Å². The molecule has 0 aliphatic rings. The van der Waals surface area contributed by atoms with Crippen LogP contribution in [0.4, 0.5) is 5.69 Å². The van der Waals surface area contributed by atoms with Gasteiger partial charge in [0.2, 0.25) is 0 Å². The first kappa shape index (κ1) is 10.0. The van der Waals surface area contributed by atoms with E-state index in [-0.39, 0.29) is 5.69 Å². The third kappa shape index (κ3) is 1.83. The van der Waals surface area contributed by atoms with Gasteiger partial charge in [0.05, 0.1) is 0 Å². The Labute approximate surface area is 94.4 Å². The third-order valence-corrected chi connectivity index (χ3v) is 2.56. The SMILES string of the molecule is Cc1noc(-c2ccc(Br)cc2)c1N=O. The van der Waals surface area contributed by atoms with E-state index in [1.807, 2.05) is 24.3 Å². The molecule has 0 unspecified atom stereocenters. The van der Waals surface area contributed by atoms with Crippen LogP contribution in [0.5, 0.6) is 0 Å². The van der Waals surface area contributed by atoms with Crippen LogP contribution in [0.1, 0.15) is 5.69 Å². The van der Waals surface area contributed by atoms with E-state index in [0.717, 1.165) is 10.0 Å². The molecule has 0 aliphatic carbocycles. The summed E-state index contributed by atoms with van der Waals surface area (Å²) in [6.07, 6.45) is 0. The molecule has 0 radical (unpaired) electrons.